The zero-order valence-electron chi connectivity index (χ0n) is 21.6. The molecule has 0 saturated heterocycles. The number of carbonyl (C=O) groups excluding carboxylic acids is 2. The molecule has 0 aromatic carbocycles. The number of nitrogens with one attached hydrogen (secondary N) is 1. The number of hydrogen-bond acceptors (Lipinski definition) is 9. The van der Waals surface area contributed by atoms with Gasteiger partial charge in [-0.2, -0.15) is 0 Å². The lowest BCUT2D eigenvalue weighted by Crippen LogP contribution is -2.53. The third-order valence-corrected chi connectivity index (χ3v) is 8.08. The number of rotatable bonds is 6. The van der Waals surface area contributed by atoms with E-state index >= 15 is 0 Å². The largest absolute Gasteiger partial charge is 0.508 e. The molecule has 2 unspecified atom stereocenters. The minimum atomic E-state index is -2.32. The summed E-state index contributed by atoms with van der Waals surface area (Å²) in [5.41, 5.74) is -0.829. The van der Waals surface area contributed by atoms with E-state index in [2.05, 4.69) is 19.2 Å². The molecule has 9 heteroatoms. The SMILES string of the molecule is CC(C)CNCC1CC(N(C)C)=C2C[C@H]3C[C@H]4CC(=O)C(C(C)O)=C(O)[C@@]4(O)C(O)=C3C(O)=C2C1=O. The summed E-state index contributed by atoms with van der Waals surface area (Å²) in [4.78, 5) is 28.2. The van der Waals surface area contributed by atoms with Gasteiger partial charge in [-0.05, 0) is 50.1 Å². The monoisotopic (exact) mass is 502 g/mol. The Balaban J connectivity index is 1.86. The van der Waals surface area contributed by atoms with Crippen molar-refractivity contribution in [1.29, 1.82) is 0 Å². The number of fused-ring (bicyclic) bond motifs is 3. The Morgan fingerprint density at radius 2 is 1.72 bits per heavy atom. The predicted octanol–water partition coefficient (Wildman–Crippen LogP) is 2.20. The maximum Gasteiger partial charge on any atom is 0.182 e. The van der Waals surface area contributed by atoms with Crippen LogP contribution in [0.15, 0.2) is 45.3 Å². The number of aliphatic hydroxyl groups excluding tert-OH is 4. The second-order valence-corrected chi connectivity index (χ2v) is 11.3. The number of allylic oxidation sites excluding steroid dienone is 4. The van der Waals surface area contributed by atoms with Crippen molar-refractivity contribution in [3.8, 4) is 0 Å². The highest BCUT2D eigenvalue weighted by molar-refractivity contribution is 6.04. The molecule has 5 atom stereocenters. The highest BCUT2D eigenvalue weighted by Gasteiger charge is 2.58. The fourth-order valence-electron chi connectivity index (χ4n) is 6.32. The van der Waals surface area contributed by atoms with E-state index in [4.69, 9.17) is 0 Å². The summed E-state index contributed by atoms with van der Waals surface area (Å²) in [6.07, 6.45) is -0.401. The van der Waals surface area contributed by atoms with Crippen molar-refractivity contribution in [2.45, 2.75) is 58.2 Å². The van der Waals surface area contributed by atoms with Crippen molar-refractivity contribution < 1.29 is 35.1 Å². The zero-order chi connectivity index (χ0) is 26.7. The first kappa shape index (κ1) is 26.4. The molecule has 0 aromatic heterocycles. The number of hydrogen-bond donors (Lipinski definition) is 6. The van der Waals surface area contributed by atoms with Crippen LogP contribution in [0.3, 0.4) is 0 Å². The normalized spacial score (nSPS) is 31.6. The third-order valence-electron chi connectivity index (χ3n) is 8.08. The Bertz CT molecular complexity index is 1110. The first-order valence-electron chi connectivity index (χ1n) is 12.7. The zero-order valence-corrected chi connectivity index (χ0v) is 21.6. The van der Waals surface area contributed by atoms with E-state index in [1.54, 1.807) is 0 Å². The van der Waals surface area contributed by atoms with Gasteiger partial charge in [-0.15, -0.1) is 0 Å². The number of aliphatic hydroxyl groups is 5. The minimum Gasteiger partial charge on any atom is -0.508 e. The molecule has 0 fully saturated rings. The van der Waals surface area contributed by atoms with Crippen molar-refractivity contribution in [2.24, 2.45) is 23.7 Å². The molecule has 0 spiro atoms. The van der Waals surface area contributed by atoms with Gasteiger partial charge in [-0.1, -0.05) is 13.8 Å². The molecule has 0 aromatic rings. The molecule has 198 valence electrons. The third kappa shape index (κ3) is 3.97. The highest BCUT2D eigenvalue weighted by atomic mass is 16.4. The van der Waals surface area contributed by atoms with Crippen molar-refractivity contribution in [1.82, 2.24) is 10.2 Å². The van der Waals surface area contributed by atoms with Crippen molar-refractivity contribution in [2.75, 3.05) is 27.2 Å². The van der Waals surface area contributed by atoms with Gasteiger partial charge in [0.1, 0.15) is 17.3 Å². The molecular formula is C27H38N2O7. The number of Topliss-reactive ketones (excluding diaryl/α,β-unsaturated/α-hetero) is 2. The highest BCUT2D eigenvalue weighted by Crippen LogP contribution is 2.55. The van der Waals surface area contributed by atoms with Gasteiger partial charge in [0.15, 0.2) is 17.2 Å². The van der Waals surface area contributed by atoms with Gasteiger partial charge in [0, 0.05) is 50.2 Å². The van der Waals surface area contributed by atoms with Crippen LogP contribution < -0.4 is 5.32 Å². The first-order chi connectivity index (χ1) is 16.8. The first-order valence-corrected chi connectivity index (χ1v) is 12.7. The maximum atomic E-state index is 13.6. The second-order valence-electron chi connectivity index (χ2n) is 11.3. The Hall–Kier alpha value is -2.62. The summed E-state index contributed by atoms with van der Waals surface area (Å²) in [5, 5.41) is 58.5. The van der Waals surface area contributed by atoms with Gasteiger partial charge >= 0.3 is 0 Å². The summed E-state index contributed by atoms with van der Waals surface area (Å²) < 4.78 is 0. The molecule has 0 amide bonds. The van der Waals surface area contributed by atoms with Crippen LogP contribution in [0.1, 0.15) is 46.5 Å². The van der Waals surface area contributed by atoms with E-state index in [-0.39, 0.29) is 41.1 Å². The molecular weight excluding hydrogens is 464 g/mol. The molecule has 0 saturated carbocycles. The molecule has 4 rings (SSSR count). The van der Waals surface area contributed by atoms with Crippen molar-refractivity contribution >= 4 is 11.6 Å². The topological polar surface area (TPSA) is 151 Å². The molecule has 6 N–H and O–H groups in total. The van der Waals surface area contributed by atoms with E-state index < -0.39 is 46.8 Å². The van der Waals surface area contributed by atoms with Crippen LogP contribution in [0.2, 0.25) is 0 Å². The predicted molar refractivity (Wildman–Crippen MR) is 133 cm³/mol. The Morgan fingerprint density at radius 3 is 2.31 bits per heavy atom. The molecule has 4 aliphatic carbocycles. The lowest BCUT2D eigenvalue weighted by atomic mass is 9.60. The molecule has 0 radical (unpaired) electrons. The number of ketones is 2. The molecule has 9 nitrogen and oxygen atoms in total. The standard InChI is InChI=1S/C27H38N2O7/c1-12(2)10-28-11-15-8-18(29(4)5)17-7-14-6-16-9-19(31)20(13(3)30)25(34)27(16,36)26(35)21(14)24(33)22(17)23(15)32/h12-16,28,30,33-36H,6-11H2,1-5H3/t13?,14-,15?,16+,27-/m1/s1. The lowest BCUT2D eigenvalue weighted by molar-refractivity contribution is -0.125. The van der Waals surface area contributed by atoms with Crippen LogP contribution in [-0.2, 0) is 9.59 Å². The van der Waals surface area contributed by atoms with Crippen LogP contribution in [0, 0.1) is 23.7 Å². The molecule has 0 heterocycles. The smallest absolute Gasteiger partial charge is 0.182 e. The number of carbonyl (C=O) groups is 2. The second kappa shape index (κ2) is 9.36. The summed E-state index contributed by atoms with van der Waals surface area (Å²) in [6, 6.07) is 0. The molecule has 0 aliphatic heterocycles. The van der Waals surface area contributed by atoms with E-state index in [9.17, 15) is 35.1 Å². The van der Waals surface area contributed by atoms with E-state index in [1.807, 2.05) is 19.0 Å². The summed E-state index contributed by atoms with van der Waals surface area (Å²) in [7, 11) is 3.79. The average Bonchev–Trinajstić information content (AvgIpc) is 2.77. The molecule has 4 aliphatic rings. The van der Waals surface area contributed by atoms with Gasteiger partial charge < -0.3 is 35.7 Å². The minimum absolute atomic E-state index is 0.0283. The van der Waals surface area contributed by atoms with Crippen LogP contribution in [0.25, 0.3) is 0 Å². The van der Waals surface area contributed by atoms with Gasteiger partial charge in [0.2, 0.25) is 0 Å². The Labute approximate surface area is 211 Å². The van der Waals surface area contributed by atoms with E-state index in [1.165, 1.54) is 6.92 Å². The maximum absolute atomic E-state index is 13.6. The average molecular weight is 503 g/mol. The fourth-order valence-corrected chi connectivity index (χ4v) is 6.32. The number of nitrogens with zero attached hydrogens (tertiary/aromatic N) is 1. The summed E-state index contributed by atoms with van der Waals surface area (Å²) >= 11 is 0. The van der Waals surface area contributed by atoms with Crippen LogP contribution in [0.4, 0.5) is 0 Å². The van der Waals surface area contributed by atoms with Crippen LogP contribution in [-0.4, -0.2) is 80.9 Å². The van der Waals surface area contributed by atoms with Gasteiger partial charge in [-0.3, -0.25) is 9.59 Å². The van der Waals surface area contributed by atoms with Crippen molar-refractivity contribution in [3.05, 3.63) is 45.3 Å². The molecule has 36 heavy (non-hydrogen) atoms. The van der Waals surface area contributed by atoms with Crippen LogP contribution >= 0.6 is 0 Å². The van der Waals surface area contributed by atoms with E-state index in [0.717, 1.165) is 17.8 Å². The Kier molecular flexibility index (Phi) is 6.87. The van der Waals surface area contributed by atoms with E-state index in [0.29, 0.717) is 25.3 Å². The summed E-state index contributed by atoms with van der Waals surface area (Å²) in [6.45, 7) is 6.66. The van der Waals surface area contributed by atoms with Gasteiger partial charge in [0.25, 0.3) is 0 Å². The van der Waals surface area contributed by atoms with Gasteiger partial charge in [0.05, 0.1) is 17.3 Å². The Morgan fingerprint density at radius 1 is 1.06 bits per heavy atom. The van der Waals surface area contributed by atoms with Gasteiger partial charge in [-0.25, -0.2) is 0 Å². The quantitative estimate of drug-likeness (QED) is 0.321. The fraction of sp³-hybridized carbons (Fsp3) is 0.630. The van der Waals surface area contributed by atoms with Crippen molar-refractivity contribution in [3.63, 3.8) is 0 Å². The molecule has 0 bridgehead atoms. The lowest BCUT2D eigenvalue weighted by Gasteiger charge is -2.48. The van der Waals surface area contributed by atoms with Crippen LogP contribution in [0.5, 0.6) is 0 Å². The summed E-state index contributed by atoms with van der Waals surface area (Å²) in [5.74, 6) is -3.79.